The lowest BCUT2D eigenvalue weighted by molar-refractivity contribution is 0.105. The zero-order valence-corrected chi connectivity index (χ0v) is 17.5. The van der Waals surface area contributed by atoms with E-state index in [0.717, 1.165) is 30.8 Å². The fraction of sp³-hybridized carbons (Fsp3) is 0.318. The van der Waals surface area contributed by atoms with Crippen LogP contribution in [0.1, 0.15) is 25.0 Å². The topological polar surface area (TPSA) is 70.1 Å². The number of carbonyl (C=O) groups is 1. The summed E-state index contributed by atoms with van der Waals surface area (Å²) < 4.78 is 0. The summed E-state index contributed by atoms with van der Waals surface area (Å²) in [5, 5.41) is 8.34. The minimum absolute atomic E-state index is 0.144. The molecule has 6 nitrogen and oxygen atoms in total. The second-order valence-corrected chi connectivity index (χ2v) is 8.70. The summed E-state index contributed by atoms with van der Waals surface area (Å²) in [7, 11) is 0. The first-order valence-electron chi connectivity index (χ1n) is 9.74. The Bertz CT molecular complexity index is 986. The molecule has 0 unspecified atom stereocenters. The zero-order valence-electron chi connectivity index (χ0n) is 16.7. The van der Waals surface area contributed by atoms with Crippen molar-refractivity contribution < 1.29 is 4.79 Å². The average molecular weight is 408 g/mol. The summed E-state index contributed by atoms with van der Waals surface area (Å²) >= 11 is 1.41. The Balaban J connectivity index is 1.32. The number of nitrogens with one attached hydrogen (secondary N) is 2. The summed E-state index contributed by atoms with van der Waals surface area (Å²) in [6, 6.07) is 12.2. The molecule has 0 saturated carbocycles. The molecule has 0 atom stereocenters. The number of pyridine rings is 1. The maximum atomic E-state index is 12.4. The van der Waals surface area contributed by atoms with Crippen molar-refractivity contribution in [2.75, 3.05) is 18.4 Å². The van der Waals surface area contributed by atoms with Gasteiger partial charge in [-0.05, 0) is 43.5 Å². The number of nitrogens with zero attached hydrogens (tertiary/aromatic N) is 3. The van der Waals surface area contributed by atoms with E-state index < -0.39 is 0 Å². The second-order valence-electron chi connectivity index (χ2n) is 7.84. The lowest BCUT2D eigenvalue weighted by Crippen LogP contribution is -2.53. The van der Waals surface area contributed by atoms with Crippen LogP contribution in [-0.4, -0.2) is 39.5 Å². The monoisotopic (exact) mass is 407 g/mol. The highest BCUT2D eigenvalue weighted by atomic mass is 32.1. The molecule has 0 saturated heterocycles. The Morgan fingerprint density at radius 2 is 2.03 bits per heavy atom. The largest absolute Gasteiger partial charge is 0.336 e. The van der Waals surface area contributed by atoms with Gasteiger partial charge >= 0.3 is 6.03 Å². The standard InChI is InChI=1S/C22H25N5OS/c1-22(2,27-11-9-16-6-3-4-7-18(16)13-27)15-24-20(28)26-21-25-19(14-29-21)17-8-5-10-23-12-17/h3-8,10,12,14H,9,11,13,15H2,1-2H3,(H2,24,25,26,28). The molecule has 0 spiro atoms. The Kier molecular flexibility index (Phi) is 5.60. The fourth-order valence-corrected chi connectivity index (χ4v) is 4.25. The van der Waals surface area contributed by atoms with Crippen molar-refractivity contribution in [1.82, 2.24) is 20.2 Å². The van der Waals surface area contributed by atoms with Crippen LogP contribution in [0.3, 0.4) is 0 Å². The van der Waals surface area contributed by atoms with E-state index in [1.165, 1.54) is 22.5 Å². The molecule has 1 aliphatic heterocycles. The first-order chi connectivity index (χ1) is 14.0. The van der Waals surface area contributed by atoms with Crippen molar-refractivity contribution in [3.05, 3.63) is 65.3 Å². The molecule has 29 heavy (non-hydrogen) atoms. The second kappa shape index (κ2) is 8.31. The van der Waals surface area contributed by atoms with Crippen LogP contribution in [0.15, 0.2) is 54.2 Å². The molecule has 2 amide bonds. The van der Waals surface area contributed by atoms with Crippen LogP contribution in [-0.2, 0) is 13.0 Å². The van der Waals surface area contributed by atoms with Gasteiger partial charge in [0.1, 0.15) is 0 Å². The Morgan fingerprint density at radius 1 is 1.21 bits per heavy atom. The van der Waals surface area contributed by atoms with Crippen molar-refractivity contribution in [3.63, 3.8) is 0 Å². The quantitative estimate of drug-likeness (QED) is 0.666. The molecule has 7 heteroatoms. The number of aromatic nitrogens is 2. The van der Waals surface area contributed by atoms with Gasteiger partial charge in [-0.25, -0.2) is 9.78 Å². The van der Waals surface area contributed by atoms with Gasteiger partial charge in [0.2, 0.25) is 0 Å². The highest BCUT2D eigenvalue weighted by Crippen LogP contribution is 2.26. The number of hydrogen-bond acceptors (Lipinski definition) is 5. The normalized spacial score (nSPS) is 14.3. The molecule has 3 aromatic rings. The first kappa shape index (κ1) is 19.5. The van der Waals surface area contributed by atoms with Gasteiger partial charge in [0.05, 0.1) is 5.69 Å². The average Bonchev–Trinajstić information content (AvgIpc) is 3.21. The van der Waals surface area contributed by atoms with Crippen molar-refractivity contribution in [2.45, 2.75) is 32.4 Å². The van der Waals surface area contributed by atoms with Gasteiger partial charge in [-0.15, -0.1) is 11.3 Å². The van der Waals surface area contributed by atoms with Crippen molar-refractivity contribution >= 4 is 22.5 Å². The van der Waals surface area contributed by atoms with E-state index in [2.05, 4.69) is 63.6 Å². The number of anilines is 1. The van der Waals surface area contributed by atoms with Gasteiger partial charge in [0.15, 0.2) is 5.13 Å². The van der Waals surface area contributed by atoms with Crippen LogP contribution in [0, 0.1) is 0 Å². The molecule has 150 valence electrons. The molecular weight excluding hydrogens is 382 g/mol. The zero-order chi connectivity index (χ0) is 20.3. The van der Waals surface area contributed by atoms with E-state index in [9.17, 15) is 4.79 Å². The van der Waals surface area contributed by atoms with E-state index >= 15 is 0 Å². The molecular formula is C22H25N5OS. The highest BCUT2D eigenvalue weighted by molar-refractivity contribution is 7.14. The molecule has 2 aromatic heterocycles. The number of urea groups is 1. The number of hydrogen-bond donors (Lipinski definition) is 2. The molecule has 1 aliphatic rings. The van der Waals surface area contributed by atoms with Gasteiger partial charge < -0.3 is 5.32 Å². The van der Waals surface area contributed by atoms with Crippen molar-refractivity contribution in [3.8, 4) is 11.3 Å². The molecule has 0 aliphatic carbocycles. The predicted molar refractivity (Wildman–Crippen MR) is 117 cm³/mol. The molecule has 2 N–H and O–H groups in total. The molecule has 1 aromatic carbocycles. The number of thiazole rings is 1. The molecule has 0 bridgehead atoms. The molecule has 3 heterocycles. The summed E-state index contributed by atoms with van der Waals surface area (Å²) in [5.74, 6) is 0. The van der Waals surface area contributed by atoms with Gasteiger partial charge in [-0.2, -0.15) is 0 Å². The van der Waals surface area contributed by atoms with Gasteiger partial charge in [0, 0.05) is 48.5 Å². The third-order valence-electron chi connectivity index (χ3n) is 5.35. The Hall–Kier alpha value is -2.77. The van der Waals surface area contributed by atoms with Gasteiger partial charge in [-0.1, -0.05) is 24.3 Å². The minimum Gasteiger partial charge on any atom is -0.336 e. The van der Waals surface area contributed by atoms with Crippen LogP contribution in [0.25, 0.3) is 11.3 Å². The van der Waals surface area contributed by atoms with Crippen LogP contribution in [0.4, 0.5) is 9.93 Å². The molecule has 0 fully saturated rings. The van der Waals surface area contributed by atoms with E-state index in [1.54, 1.807) is 12.4 Å². The first-order valence-corrected chi connectivity index (χ1v) is 10.6. The number of amides is 2. The maximum absolute atomic E-state index is 12.4. The van der Waals surface area contributed by atoms with E-state index in [-0.39, 0.29) is 11.6 Å². The third kappa shape index (κ3) is 4.63. The summed E-state index contributed by atoms with van der Waals surface area (Å²) in [6.07, 6.45) is 4.53. The summed E-state index contributed by atoms with van der Waals surface area (Å²) in [6.45, 7) is 6.81. The van der Waals surface area contributed by atoms with Crippen LogP contribution in [0.2, 0.25) is 0 Å². The Morgan fingerprint density at radius 3 is 2.83 bits per heavy atom. The van der Waals surface area contributed by atoms with E-state index in [4.69, 9.17) is 0 Å². The van der Waals surface area contributed by atoms with Crippen molar-refractivity contribution in [2.24, 2.45) is 0 Å². The SMILES string of the molecule is CC(C)(CNC(=O)Nc1nc(-c2cccnc2)cs1)N1CCc2ccccc2C1. The van der Waals surface area contributed by atoms with E-state index in [0.29, 0.717) is 11.7 Å². The third-order valence-corrected chi connectivity index (χ3v) is 6.11. The minimum atomic E-state index is -0.234. The van der Waals surface area contributed by atoms with E-state index in [1.807, 2.05) is 17.5 Å². The number of fused-ring (bicyclic) bond motifs is 1. The van der Waals surface area contributed by atoms with Crippen molar-refractivity contribution in [1.29, 1.82) is 0 Å². The predicted octanol–water partition coefficient (Wildman–Crippen LogP) is 4.16. The molecule has 4 rings (SSSR count). The maximum Gasteiger partial charge on any atom is 0.321 e. The van der Waals surface area contributed by atoms with Gasteiger partial charge in [-0.3, -0.25) is 15.2 Å². The smallest absolute Gasteiger partial charge is 0.321 e. The van der Waals surface area contributed by atoms with Gasteiger partial charge in [0.25, 0.3) is 0 Å². The summed E-state index contributed by atoms with van der Waals surface area (Å²) in [4.78, 5) is 23.4. The number of rotatable bonds is 5. The fourth-order valence-electron chi connectivity index (χ4n) is 3.54. The van der Waals surface area contributed by atoms with Crippen LogP contribution in [0.5, 0.6) is 0 Å². The number of benzene rings is 1. The highest BCUT2D eigenvalue weighted by Gasteiger charge is 2.30. The lowest BCUT2D eigenvalue weighted by atomic mass is 9.94. The number of carbonyl (C=O) groups excluding carboxylic acids is 1. The van der Waals surface area contributed by atoms with Crippen LogP contribution < -0.4 is 10.6 Å². The molecule has 0 radical (unpaired) electrons. The van der Waals surface area contributed by atoms with Crippen LogP contribution >= 0.6 is 11.3 Å². The Labute approximate surface area is 175 Å². The lowest BCUT2D eigenvalue weighted by Gasteiger charge is -2.41. The summed E-state index contributed by atoms with van der Waals surface area (Å²) in [5.41, 5.74) is 4.41.